The van der Waals surface area contributed by atoms with Gasteiger partial charge in [-0.05, 0) is 31.1 Å². The highest BCUT2D eigenvalue weighted by Crippen LogP contribution is 2.23. The molecule has 0 aromatic heterocycles. The highest BCUT2D eigenvalue weighted by Gasteiger charge is 2.28. The predicted molar refractivity (Wildman–Crippen MR) is 63.6 cm³/mol. The molecule has 1 aliphatic heterocycles. The van der Waals surface area contributed by atoms with Crippen molar-refractivity contribution in [3.8, 4) is 0 Å². The second-order valence-corrected chi connectivity index (χ2v) is 5.20. The first-order valence-electron chi connectivity index (χ1n) is 6.37. The Balaban J connectivity index is 2.58. The zero-order chi connectivity index (χ0) is 11.4. The molecule has 15 heavy (non-hydrogen) atoms. The van der Waals surface area contributed by atoms with E-state index in [1.165, 1.54) is 6.42 Å². The average Bonchev–Trinajstić information content (AvgIpc) is 2.18. The Morgan fingerprint density at radius 2 is 1.67 bits per heavy atom. The number of hydrogen-bond acceptors (Lipinski definition) is 1. The van der Waals surface area contributed by atoms with Gasteiger partial charge >= 0.3 is 0 Å². The molecular weight excluding hydrogens is 186 g/mol. The van der Waals surface area contributed by atoms with E-state index in [-0.39, 0.29) is 5.92 Å². The summed E-state index contributed by atoms with van der Waals surface area (Å²) in [6.07, 6.45) is 3.23. The minimum absolute atomic E-state index is 0.252. The quantitative estimate of drug-likeness (QED) is 0.703. The third-order valence-electron chi connectivity index (χ3n) is 3.52. The van der Waals surface area contributed by atoms with E-state index in [0.717, 1.165) is 25.9 Å². The van der Waals surface area contributed by atoms with Gasteiger partial charge in [0.25, 0.3) is 0 Å². The van der Waals surface area contributed by atoms with Crippen LogP contribution in [0, 0.1) is 17.8 Å². The van der Waals surface area contributed by atoms with E-state index >= 15 is 0 Å². The molecular formula is C13H25NO. The number of carbonyl (C=O) groups excluding carboxylic acids is 1. The van der Waals surface area contributed by atoms with Crippen molar-refractivity contribution in [2.24, 2.45) is 17.8 Å². The van der Waals surface area contributed by atoms with E-state index in [4.69, 9.17) is 0 Å². The van der Waals surface area contributed by atoms with Crippen LogP contribution in [0.25, 0.3) is 0 Å². The lowest BCUT2D eigenvalue weighted by molar-refractivity contribution is -0.138. The molecule has 2 atom stereocenters. The monoisotopic (exact) mass is 211 g/mol. The Hall–Kier alpha value is -0.530. The number of nitrogens with zero attached hydrogens (tertiary/aromatic N) is 1. The van der Waals surface area contributed by atoms with Crippen molar-refractivity contribution >= 4 is 5.91 Å². The molecule has 1 aliphatic rings. The highest BCUT2D eigenvalue weighted by atomic mass is 16.2. The summed E-state index contributed by atoms with van der Waals surface area (Å²) >= 11 is 0. The minimum Gasteiger partial charge on any atom is -0.342 e. The van der Waals surface area contributed by atoms with Gasteiger partial charge in [-0.25, -0.2) is 0 Å². The van der Waals surface area contributed by atoms with E-state index in [0.29, 0.717) is 17.7 Å². The fourth-order valence-corrected chi connectivity index (χ4v) is 2.74. The van der Waals surface area contributed by atoms with E-state index in [1.807, 2.05) is 0 Å². The van der Waals surface area contributed by atoms with Crippen molar-refractivity contribution in [2.45, 2.75) is 47.0 Å². The Kier molecular flexibility index (Phi) is 4.62. The zero-order valence-electron chi connectivity index (χ0n) is 10.6. The van der Waals surface area contributed by atoms with Crippen molar-refractivity contribution in [3.05, 3.63) is 0 Å². The molecule has 88 valence electrons. The molecule has 0 radical (unpaired) electrons. The summed E-state index contributed by atoms with van der Waals surface area (Å²) in [7, 11) is 0. The summed E-state index contributed by atoms with van der Waals surface area (Å²) in [5.74, 6) is 1.99. The molecule has 1 heterocycles. The fraction of sp³-hybridized carbons (Fsp3) is 0.923. The van der Waals surface area contributed by atoms with E-state index in [1.54, 1.807) is 0 Å². The van der Waals surface area contributed by atoms with E-state index < -0.39 is 0 Å². The van der Waals surface area contributed by atoms with Crippen LogP contribution in [0.4, 0.5) is 0 Å². The van der Waals surface area contributed by atoms with Crippen LogP contribution >= 0.6 is 0 Å². The fourth-order valence-electron chi connectivity index (χ4n) is 2.74. The summed E-state index contributed by atoms with van der Waals surface area (Å²) in [6, 6.07) is 0. The van der Waals surface area contributed by atoms with Gasteiger partial charge in [0.2, 0.25) is 5.91 Å². The van der Waals surface area contributed by atoms with Crippen LogP contribution in [0.2, 0.25) is 0 Å². The van der Waals surface area contributed by atoms with Crippen molar-refractivity contribution in [1.29, 1.82) is 0 Å². The summed E-state index contributed by atoms with van der Waals surface area (Å²) < 4.78 is 0. The topological polar surface area (TPSA) is 20.3 Å². The minimum atomic E-state index is 0.252. The third-order valence-corrected chi connectivity index (χ3v) is 3.52. The van der Waals surface area contributed by atoms with Crippen LogP contribution in [-0.4, -0.2) is 23.9 Å². The average molecular weight is 211 g/mol. The Labute approximate surface area is 94.0 Å². The number of hydrogen-bond donors (Lipinski definition) is 0. The second kappa shape index (κ2) is 5.53. The smallest absolute Gasteiger partial charge is 0.225 e. The molecule has 0 aliphatic carbocycles. The van der Waals surface area contributed by atoms with Gasteiger partial charge in [0.1, 0.15) is 0 Å². The molecule has 0 N–H and O–H groups in total. The molecule has 0 unspecified atom stereocenters. The van der Waals surface area contributed by atoms with Gasteiger partial charge in [-0.3, -0.25) is 4.79 Å². The summed E-state index contributed by atoms with van der Waals surface area (Å²) in [4.78, 5) is 14.3. The maximum atomic E-state index is 12.2. The van der Waals surface area contributed by atoms with Crippen LogP contribution in [0.15, 0.2) is 0 Å². The highest BCUT2D eigenvalue weighted by molar-refractivity contribution is 5.78. The van der Waals surface area contributed by atoms with Crippen molar-refractivity contribution in [2.75, 3.05) is 13.1 Å². The molecule has 0 bridgehead atoms. The van der Waals surface area contributed by atoms with Crippen molar-refractivity contribution < 1.29 is 4.79 Å². The molecule has 0 aromatic carbocycles. The van der Waals surface area contributed by atoms with E-state index in [9.17, 15) is 4.79 Å². The van der Waals surface area contributed by atoms with Crippen LogP contribution in [0.3, 0.4) is 0 Å². The van der Waals surface area contributed by atoms with Gasteiger partial charge in [0.05, 0.1) is 0 Å². The summed E-state index contributed by atoms with van der Waals surface area (Å²) in [5.41, 5.74) is 0. The first kappa shape index (κ1) is 12.5. The summed E-state index contributed by atoms with van der Waals surface area (Å²) in [5, 5.41) is 0. The lowest BCUT2D eigenvalue weighted by Gasteiger charge is -2.36. The van der Waals surface area contributed by atoms with Crippen LogP contribution < -0.4 is 0 Å². The number of carbonyl (C=O) groups is 1. The number of amides is 1. The normalized spacial score (nSPS) is 27.1. The maximum Gasteiger partial charge on any atom is 0.225 e. The number of likely N-dealkylation sites (tertiary alicyclic amines) is 1. The molecule has 0 aromatic rings. The van der Waals surface area contributed by atoms with Crippen molar-refractivity contribution in [1.82, 2.24) is 4.90 Å². The Bertz CT molecular complexity index is 201. The summed E-state index contributed by atoms with van der Waals surface area (Å²) in [6.45, 7) is 10.7. The molecule has 2 heteroatoms. The molecule has 2 nitrogen and oxygen atoms in total. The number of piperidine rings is 1. The van der Waals surface area contributed by atoms with Gasteiger partial charge < -0.3 is 4.90 Å². The molecule has 0 saturated carbocycles. The lowest BCUT2D eigenvalue weighted by Crippen LogP contribution is -2.45. The maximum absolute atomic E-state index is 12.2. The van der Waals surface area contributed by atoms with Gasteiger partial charge in [0.15, 0.2) is 0 Å². The first-order valence-corrected chi connectivity index (χ1v) is 6.37. The first-order chi connectivity index (χ1) is 7.08. The van der Waals surface area contributed by atoms with Crippen molar-refractivity contribution in [3.63, 3.8) is 0 Å². The van der Waals surface area contributed by atoms with Gasteiger partial charge in [0, 0.05) is 19.0 Å². The Morgan fingerprint density at radius 1 is 1.20 bits per heavy atom. The van der Waals surface area contributed by atoms with E-state index in [2.05, 4.69) is 32.6 Å². The molecule has 1 rings (SSSR count). The predicted octanol–water partition coefficient (Wildman–Crippen LogP) is 2.93. The Morgan fingerprint density at radius 3 is 2.07 bits per heavy atom. The van der Waals surface area contributed by atoms with Crippen LogP contribution in [0.5, 0.6) is 0 Å². The number of rotatable bonds is 3. The van der Waals surface area contributed by atoms with Gasteiger partial charge in [-0.15, -0.1) is 0 Å². The SMILES string of the molecule is CCC(CC)C(=O)N1C[C@H](C)C[C@@H](C)C1. The van der Waals surface area contributed by atoms with Gasteiger partial charge in [-0.1, -0.05) is 27.7 Å². The second-order valence-electron chi connectivity index (χ2n) is 5.20. The van der Waals surface area contributed by atoms with Crippen LogP contribution in [0.1, 0.15) is 47.0 Å². The zero-order valence-corrected chi connectivity index (χ0v) is 10.6. The molecule has 1 saturated heterocycles. The van der Waals surface area contributed by atoms with Gasteiger partial charge in [-0.2, -0.15) is 0 Å². The standard InChI is InChI=1S/C13H25NO/c1-5-12(6-2)13(15)14-8-10(3)7-11(4)9-14/h10-12H,5-9H2,1-4H3/t10-,11-/m1/s1. The lowest BCUT2D eigenvalue weighted by atomic mass is 9.90. The molecule has 1 fully saturated rings. The molecule has 1 amide bonds. The third kappa shape index (κ3) is 3.22. The van der Waals surface area contributed by atoms with Crippen LogP contribution in [-0.2, 0) is 4.79 Å². The largest absolute Gasteiger partial charge is 0.342 e. The molecule has 0 spiro atoms.